The molecule has 2 amide bonds. The van der Waals surface area contributed by atoms with Crippen molar-refractivity contribution in [2.24, 2.45) is 0 Å². The molecular weight excluding hydrogens is 598 g/mol. The molecule has 0 radical (unpaired) electrons. The minimum Gasteiger partial charge on any atom is -0.443 e. The maximum absolute atomic E-state index is 12.9. The summed E-state index contributed by atoms with van der Waals surface area (Å²) in [6.07, 6.45) is 8.98. The minimum absolute atomic E-state index is 0.156. The molecule has 3 aromatic carbocycles. The van der Waals surface area contributed by atoms with Crippen molar-refractivity contribution >= 4 is 23.4 Å². The van der Waals surface area contributed by atoms with Gasteiger partial charge in [-0.25, -0.2) is 4.79 Å². The van der Waals surface area contributed by atoms with Crippen molar-refractivity contribution in [1.82, 2.24) is 14.7 Å². The van der Waals surface area contributed by atoms with Crippen molar-refractivity contribution in [2.75, 3.05) is 76.2 Å². The zero-order chi connectivity index (χ0) is 33.6. The van der Waals surface area contributed by atoms with Crippen LogP contribution in [0.2, 0.25) is 0 Å². The Kier molecular flexibility index (Phi) is 13.5. The first-order chi connectivity index (χ1) is 23.4. The Morgan fingerprint density at radius 2 is 1.21 bits per heavy atom. The van der Waals surface area contributed by atoms with E-state index in [4.69, 9.17) is 4.74 Å². The fourth-order valence-electron chi connectivity index (χ4n) is 6.81. The number of piperazine rings is 1. The molecule has 5 rings (SSSR count). The molecule has 0 saturated carbocycles. The van der Waals surface area contributed by atoms with Gasteiger partial charge in [-0.05, 0) is 69.5 Å². The smallest absolute Gasteiger partial charge is 0.412 e. The molecule has 0 aliphatic carbocycles. The Morgan fingerprint density at radius 1 is 0.688 bits per heavy atom. The molecule has 2 fully saturated rings. The van der Waals surface area contributed by atoms with E-state index >= 15 is 0 Å². The Balaban J connectivity index is 0.878. The number of nitrogens with zero attached hydrogens (tertiary/aromatic N) is 4. The number of benzene rings is 3. The highest BCUT2D eigenvalue weighted by Gasteiger charge is 2.33. The van der Waals surface area contributed by atoms with Crippen LogP contribution in [0.4, 0.5) is 16.2 Å². The first kappa shape index (κ1) is 35.6. The number of likely N-dealkylation sites (N-methyl/N-ethyl adjacent to an activating group) is 1. The van der Waals surface area contributed by atoms with Crippen molar-refractivity contribution in [1.29, 1.82) is 0 Å². The van der Waals surface area contributed by atoms with Gasteiger partial charge in [0.05, 0.1) is 12.2 Å². The zero-order valence-electron chi connectivity index (χ0n) is 29.1. The number of ether oxygens (including phenoxy) is 1. The Bertz CT molecular complexity index is 1400. The summed E-state index contributed by atoms with van der Waals surface area (Å²) in [6.45, 7) is 10.8. The molecule has 2 saturated heterocycles. The highest BCUT2D eigenvalue weighted by molar-refractivity contribution is 5.94. The third-order valence-corrected chi connectivity index (χ3v) is 10.0. The summed E-state index contributed by atoms with van der Waals surface area (Å²) in [4.78, 5) is 34.8. The highest BCUT2D eigenvalue weighted by atomic mass is 16.6. The number of unbranched alkanes of at least 4 members (excludes halogenated alkanes) is 5. The number of para-hydroxylation sites is 2. The van der Waals surface area contributed by atoms with Crippen LogP contribution in [0.15, 0.2) is 84.9 Å². The van der Waals surface area contributed by atoms with E-state index in [0.29, 0.717) is 6.54 Å². The van der Waals surface area contributed by atoms with Gasteiger partial charge in [0.1, 0.15) is 5.60 Å². The van der Waals surface area contributed by atoms with Gasteiger partial charge < -0.3 is 19.4 Å². The summed E-state index contributed by atoms with van der Waals surface area (Å²) in [7, 11) is 1.87. The van der Waals surface area contributed by atoms with Crippen molar-refractivity contribution in [3.63, 3.8) is 0 Å². The predicted molar refractivity (Wildman–Crippen MR) is 196 cm³/mol. The van der Waals surface area contributed by atoms with E-state index in [0.717, 1.165) is 87.7 Å². The van der Waals surface area contributed by atoms with Gasteiger partial charge in [-0.1, -0.05) is 92.4 Å². The average molecular weight is 654 g/mol. The fourth-order valence-corrected chi connectivity index (χ4v) is 6.81. The normalized spacial score (nSPS) is 17.1. The van der Waals surface area contributed by atoms with E-state index in [1.54, 1.807) is 4.90 Å². The molecule has 2 aliphatic rings. The molecule has 2 aliphatic heterocycles. The monoisotopic (exact) mass is 653 g/mol. The summed E-state index contributed by atoms with van der Waals surface area (Å²) in [5.74, 6) is 0.156. The number of nitrogens with one attached hydrogen (secondary N) is 1. The summed E-state index contributed by atoms with van der Waals surface area (Å²) >= 11 is 0. The molecule has 1 N–H and O–H groups in total. The van der Waals surface area contributed by atoms with Crippen molar-refractivity contribution in [2.45, 2.75) is 63.9 Å². The second kappa shape index (κ2) is 18.2. The predicted octanol–water partition coefficient (Wildman–Crippen LogP) is 7.38. The number of amides is 2. The second-order valence-corrected chi connectivity index (χ2v) is 13.7. The van der Waals surface area contributed by atoms with Crippen molar-refractivity contribution in [3.8, 4) is 11.1 Å². The van der Waals surface area contributed by atoms with E-state index in [1.165, 1.54) is 38.5 Å². The van der Waals surface area contributed by atoms with Gasteiger partial charge in [0.15, 0.2) is 0 Å². The summed E-state index contributed by atoms with van der Waals surface area (Å²) in [5, 5.41) is 3.00. The van der Waals surface area contributed by atoms with Crippen LogP contribution in [0.1, 0.15) is 58.3 Å². The fraction of sp³-hybridized carbons (Fsp3) is 0.500. The number of piperidine rings is 1. The molecule has 48 heavy (non-hydrogen) atoms. The molecule has 8 heteroatoms. The minimum atomic E-state index is -0.439. The highest BCUT2D eigenvalue weighted by Crippen LogP contribution is 2.30. The maximum atomic E-state index is 12.9. The molecule has 0 unspecified atom stereocenters. The van der Waals surface area contributed by atoms with Gasteiger partial charge in [-0.2, -0.15) is 0 Å². The first-order valence-corrected chi connectivity index (χ1v) is 18.0. The van der Waals surface area contributed by atoms with Gasteiger partial charge in [0.2, 0.25) is 5.91 Å². The van der Waals surface area contributed by atoms with E-state index in [2.05, 4.69) is 26.9 Å². The molecule has 2 heterocycles. The number of anilines is 2. The molecule has 3 aromatic rings. The third kappa shape index (κ3) is 10.9. The lowest BCUT2D eigenvalue weighted by molar-refractivity contribution is -0.119. The number of carbonyl (C=O) groups is 2. The first-order valence-electron chi connectivity index (χ1n) is 18.0. The zero-order valence-corrected chi connectivity index (χ0v) is 29.1. The lowest BCUT2D eigenvalue weighted by Crippen LogP contribution is -2.49. The Morgan fingerprint density at radius 3 is 1.85 bits per heavy atom. The SMILES string of the molecule is CN(C(=O)CN1CCN(CCCCCCCCN2CCC(C)(OC(=O)Nc3ccccc3-c3ccccc3)CC2)CC1)c1ccccc1. The van der Waals surface area contributed by atoms with Crippen molar-refractivity contribution < 1.29 is 14.3 Å². The topological polar surface area (TPSA) is 68.4 Å². The van der Waals surface area contributed by atoms with Gasteiger partial charge in [0.25, 0.3) is 0 Å². The van der Waals surface area contributed by atoms with E-state index in [1.807, 2.05) is 92.0 Å². The maximum Gasteiger partial charge on any atom is 0.412 e. The number of carbonyl (C=O) groups excluding carboxylic acids is 2. The lowest BCUT2D eigenvalue weighted by Gasteiger charge is -2.38. The van der Waals surface area contributed by atoms with Gasteiger partial charge >= 0.3 is 6.09 Å². The molecule has 0 aromatic heterocycles. The van der Waals surface area contributed by atoms with E-state index in [9.17, 15) is 9.59 Å². The van der Waals surface area contributed by atoms with Gasteiger partial charge in [-0.3, -0.25) is 15.0 Å². The second-order valence-electron chi connectivity index (χ2n) is 13.7. The van der Waals surface area contributed by atoms with E-state index < -0.39 is 5.60 Å². The summed E-state index contributed by atoms with van der Waals surface area (Å²) in [6, 6.07) is 27.8. The van der Waals surface area contributed by atoms with E-state index in [-0.39, 0.29) is 12.0 Å². The Hall–Kier alpha value is -3.72. The van der Waals surface area contributed by atoms with Gasteiger partial charge in [0, 0.05) is 57.6 Å². The van der Waals surface area contributed by atoms with Crippen LogP contribution >= 0.6 is 0 Å². The van der Waals surface area contributed by atoms with Crippen LogP contribution in [0.5, 0.6) is 0 Å². The van der Waals surface area contributed by atoms with Crippen LogP contribution in [-0.2, 0) is 9.53 Å². The summed E-state index contributed by atoms with van der Waals surface area (Å²) < 4.78 is 5.99. The average Bonchev–Trinajstić information content (AvgIpc) is 3.11. The van der Waals surface area contributed by atoms with Gasteiger partial charge in [-0.15, -0.1) is 0 Å². The van der Waals surface area contributed by atoms with Crippen LogP contribution in [0, 0.1) is 0 Å². The molecule has 8 nitrogen and oxygen atoms in total. The number of rotatable bonds is 15. The van der Waals surface area contributed by atoms with Crippen LogP contribution in [-0.4, -0.2) is 98.3 Å². The number of hydrogen-bond donors (Lipinski definition) is 1. The number of likely N-dealkylation sites (tertiary alicyclic amines) is 1. The third-order valence-electron chi connectivity index (χ3n) is 10.0. The van der Waals surface area contributed by atoms with Crippen LogP contribution < -0.4 is 10.2 Å². The standard InChI is InChI=1S/C40H55N5O3/c1-40(48-39(47)41-37-22-14-13-21-36(37)34-17-9-7-10-18-34)23-27-43(28-24-40)25-15-5-3-4-6-16-26-44-29-31-45(32-30-44)33-38(46)42(2)35-19-11-8-12-20-35/h7-14,17-22H,3-6,15-16,23-33H2,1-2H3,(H,41,47). The van der Waals surface area contributed by atoms with Crippen LogP contribution in [0.3, 0.4) is 0 Å². The van der Waals surface area contributed by atoms with Crippen molar-refractivity contribution in [3.05, 3.63) is 84.9 Å². The molecule has 0 bridgehead atoms. The quantitative estimate of drug-likeness (QED) is 0.173. The summed E-state index contributed by atoms with van der Waals surface area (Å²) in [5.41, 5.74) is 3.33. The molecule has 0 atom stereocenters. The lowest BCUT2D eigenvalue weighted by atomic mass is 9.93. The van der Waals surface area contributed by atoms with Crippen LogP contribution in [0.25, 0.3) is 11.1 Å². The number of hydrogen-bond acceptors (Lipinski definition) is 6. The largest absolute Gasteiger partial charge is 0.443 e. The Labute approximate surface area is 288 Å². The molecular formula is C40H55N5O3. The molecule has 0 spiro atoms. The molecule has 258 valence electrons.